The number of hydrogen-bond acceptors (Lipinski definition) is 4. The number of anilines is 2. The van der Waals surface area contributed by atoms with Crippen molar-refractivity contribution in [2.75, 3.05) is 5.32 Å². The lowest BCUT2D eigenvalue weighted by atomic mass is 10.0. The van der Waals surface area contributed by atoms with Gasteiger partial charge in [0.2, 0.25) is 0 Å². The maximum Gasteiger partial charge on any atom is 0.160 e. The number of hydrogen-bond donors (Lipinski definition) is 1. The zero-order valence-corrected chi connectivity index (χ0v) is 14.1. The average Bonchev–Trinajstić information content (AvgIpc) is 2.66. The summed E-state index contributed by atoms with van der Waals surface area (Å²) in [6.07, 6.45) is 4.31. The van der Waals surface area contributed by atoms with Crippen molar-refractivity contribution in [3.8, 4) is 0 Å². The molecule has 0 aliphatic heterocycles. The van der Waals surface area contributed by atoms with E-state index in [1.165, 1.54) is 0 Å². The van der Waals surface area contributed by atoms with Crippen LogP contribution in [0.5, 0.6) is 0 Å². The second-order valence-corrected chi connectivity index (χ2v) is 6.14. The smallest absolute Gasteiger partial charge is 0.160 e. The summed E-state index contributed by atoms with van der Waals surface area (Å²) in [5.74, 6) is 0.733. The first-order valence-electron chi connectivity index (χ1n) is 7.95. The Morgan fingerprint density at radius 1 is 0.840 bits per heavy atom. The van der Waals surface area contributed by atoms with Crippen molar-refractivity contribution in [3.63, 3.8) is 0 Å². The largest absolute Gasteiger partial charge is 0.338 e. The summed E-state index contributed by atoms with van der Waals surface area (Å²) < 4.78 is 0. The van der Waals surface area contributed by atoms with Crippen LogP contribution in [0.3, 0.4) is 0 Å². The average molecular weight is 349 g/mol. The molecule has 25 heavy (non-hydrogen) atoms. The van der Waals surface area contributed by atoms with Crippen LogP contribution in [0.1, 0.15) is 12.7 Å². The van der Waals surface area contributed by atoms with Crippen LogP contribution < -0.4 is 5.32 Å². The summed E-state index contributed by atoms with van der Waals surface area (Å²) in [7, 11) is 0. The molecular formula is C20H17ClN4. The molecule has 2 heterocycles. The van der Waals surface area contributed by atoms with Gasteiger partial charge >= 0.3 is 0 Å². The fraction of sp³-hybridized carbons (Fsp3) is 0.0500. The fourth-order valence-corrected chi connectivity index (χ4v) is 2.87. The summed E-state index contributed by atoms with van der Waals surface area (Å²) in [6, 6.07) is 19.7. The van der Waals surface area contributed by atoms with Crippen molar-refractivity contribution in [3.05, 3.63) is 89.3 Å². The van der Waals surface area contributed by atoms with Crippen LogP contribution in [0.15, 0.2) is 73.1 Å². The third-order valence-electron chi connectivity index (χ3n) is 3.99. The van der Waals surface area contributed by atoms with Crippen LogP contribution in [0.4, 0.5) is 11.5 Å². The van der Waals surface area contributed by atoms with Gasteiger partial charge in [-0.15, -0.1) is 5.10 Å². The third kappa shape index (κ3) is 3.44. The van der Waals surface area contributed by atoms with Gasteiger partial charge in [0, 0.05) is 41.7 Å². The Morgan fingerprint density at radius 2 is 1.56 bits per heavy atom. The third-order valence-corrected chi connectivity index (χ3v) is 4.24. The number of benzene rings is 2. The quantitative estimate of drug-likeness (QED) is 0.546. The molecule has 1 N–H and O–H groups in total. The molecule has 0 aliphatic rings. The zero-order chi connectivity index (χ0) is 17.1. The highest BCUT2D eigenvalue weighted by Crippen LogP contribution is 2.27. The molecule has 0 aliphatic carbocycles. The van der Waals surface area contributed by atoms with E-state index in [4.69, 9.17) is 11.6 Å². The molecule has 4 nitrogen and oxygen atoms in total. The van der Waals surface area contributed by atoms with Crippen LogP contribution in [0, 0.1) is 0 Å². The van der Waals surface area contributed by atoms with E-state index in [9.17, 15) is 0 Å². The number of nitrogens with one attached hydrogen (secondary N) is 1. The predicted octanol–water partition coefficient (Wildman–Crippen LogP) is 5.26. The molecule has 0 bridgehead atoms. The molecule has 0 unspecified atom stereocenters. The Hall–Kier alpha value is -2.98. The standard InChI is InChI=1S/C20H15ClN4.H2/c21-15-5-7-16(8-6-15)23-20-18-4-2-1-3-17(18)19(24-25-20)13-14-9-11-22-12-10-14;/h1-12H,13H2,(H,23,25);1H. The Morgan fingerprint density at radius 3 is 2.32 bits per heavy atom. The van der Waals surface area contributed by atoms with Crippen molar-refractivity contribution in [1.82, 2.24) is 15.2 Å². The van der Waals surface area contributed by atoms with Gasteiger partial charge in [-0.25, -0.2) is 0 Å². The van der Waals surface area contributed by atoms with E-state index in [-0.39, 0.29) is 1.43 Å². The van der Waals surface area contributed by atoms with Crippen LogP contribution in [0.25, 0.3) is 10.8 Å². The Kier molecular flexibility index (Phi) is 4.27. The van der Waals surface area contributed by atoms with E-state index in [0.717, 1.165) is 40.0 Å². The van der Waals surface area contributed by atoms with Gasteiger partial charge in [-0.3, -0.25) is 4.98 Å². The SMILES string of the molecule is Clc1ccc(Nc2nnc(Cc3ccncc3)c3ccccc23)cc1.[HH]. The number of halogens is 1. The Bertz CT molecular complexity index is 1010. The number of aromatic nitrogens is 3. The molecule has 2 aromatic heterocycles. The van der Waals surface area contributed by atoms with Crippen LogP contribution in [-0.2, 0) is 6.42 Å². The first-order chi connectivity index (χ1) is 12.3. The van der Waals surface area contributed by atoms with Crippen LogP contribution in [0.2, 0.25) is 5.02 Å². The summed E-state index contributed by atoms with van der Waals surface area (Å²) in [4.78, 5) is 4.06. The second-order valence-electron chi connectivity index (χ2n) is 5.71. The Balaban J connectivity index is 0.00000196. The lowest BCUT2D eigenvalue weighted by molar-refractivity contribution is 0.960. The van der Waals surface area contributed by atoms with E-state index in [2.05, 4.69) is 32.6 Å². The maximum absolute atomic E-state index is 5.95. The number of rotatable bonds is 4. The predicted molar refractivity (Wildman–Crippen MR) is 103 cm³/mol. The minimum absolute atomic E-state index is 0. The van der Waals surface area contributed by atoms with Crippen LogP contribution in [-0.4, -0.2) is 15.2 Å². The van der Waals surface area contributed by atoms with Crippen LogP contribution >= 0.6 is 11.6 Å². The highest BCUT2D eigenvalue weighted by atomic mass is 35.5. The fourth-order valence-electron chi connectivity index (χ4n) is 2.75. The first kappa shape index (κ1) is 15.5. The molecule has 4 aromatic rings. The van der Waals surface area contributed by atoms with Crippen molar-refractivity contribution < 1.29 is 1.43 Å². The molecule has 124 valence electrons. The number of nitrogens with zero attached hydrogens (tertiary/aromatic N) is 3. The molecular weight excluding hydrogens is 332 g/mol. The van der Waals surface area contributed by atoms with Crippen molar-refractivity contribution >= 4 is 33.9 Å². The molecule has 0 radical (unpaired) electrons. The lowest BCUT2D eigenvalue weighted by Crippen LogP contribution is -2.02. The van der Waals surface area contributed by atoms with Gasteiger partial charge in [-0.05, 0) is 42.0 Å². The van der Waals surface area contributed by atoms with Gasteiger partial charge in [0.05, 0.1) is 5.69 Å². The summed E-state index contributed by atoms with van der Waals surface area (Å²) in [5, 5.41) is 15.0. The first-order valence-corrected chi connectivity index (χ1v) is 8.33. The number of pyridine rings is 1. The summed E-state index contributed by atoms with van der Waals surface area (Å²) >= 11 is 5.95. The molecule has 0 atom stereocenters. The van der Waals surface area contributed by atoms with E-state index in [1.54, 1.807) is 12.4 Å². The lowest BCUT2D eigenvalue weighted by Gasteiger charge is -2.11. The van der Waals surface area contributed by atoms with Gasteiger partial charge in [0.25, 0.3) is 0 Å². The zero-order valence-electron chi connectivity index (χ0n) is 13.4. The van der Waals surface area contributed by atoms with Gasteiger partial charge in [0.1, 0.15) is 0 Å². The van der Waals surface area contributed by atoms with Crippen molar-refractivity contribution in [2.45, 2.75) is 6.42 Å². The maximum atomic E-state index is 5.95. The number of fused-ring (bicyclic) bond motifs is 1. The van der Waals surface area contributed by atoms with E-state index < -0.39 is 0 Å². The highest BCUT2D eigenvalue weighted by molar-refractivity contribution is 6.30. The minimum atomic E-state index is 0. The minimum Gasteiger partial charge on any atom is -0.338 e. The van der Waals surface area contributed by atoms with E-state index >= 15 is 0 Å². The molecule has 4 rings (SSSR count). The molecule has 0 saturated heterocycles. The molecule has 0 saturated carbocycles. The monoisotopic (exact) mass is 348 g/mol. The highest BCUT2D eigenvalue weighted by Gasteiger charge is 2.10. The summed E-state index contributed by atoms with van der Waals surface area (Å²) in [6.45, 7) is 0. The van der Waals surface area contributed by atoms with Crippen molar-refractivity contribution in [1.29, 1.82) is 0 Å². The molecule has 0 fully saturated rings. The topological polar surface area (TPSA) is 50.7 Å². The van der Waals surface area contributed by atoms with Gasteiger partial charge in [0.15, 0.2) is 5.82 Å². The van der Waals surface area contributed by atoms with Gasteiger partial charge in [-0.2, -0.15) is 5.10 Å². The second kappa shape index (κ2) is 6.87. The molecule has 2 aromatic carbocycles. The molecule has 0 spiro atoms. The normalized spacial score (nSPS) is 10.8. The Labute approximate surface area is 152 Å². The van der Waals surface area contributed by atoms with E-state index in [1.807, 2.05) is 48.5 Å². The van der Waals surface area contributed by atoms with Gasteiger partial charge in [-0.1, -0.05) is 35.9 Å². The van der Waals surface area contributed by atoms with Crippen molar-refractivity contribution in [2.24, 2.45) is 0 Å². The molecule has 5 heteroatoms. The molecule has 0 amide bonds. The van der Waals surface area contributed by atoms with E-state index in [0.29, 0.717) is 5.02 Å². The van der Waals surface area contributed by atoms with Gasteiger partial charge < -0.3 is 5.32 Å². The summed E-state index contributed by atoms with van der Waals surface area (Å²) in [5.41, 5.74) is 3.03.